The molecule has 0 radical (unpaired) electrons. The van der Waals surface area contributed by atoms with Gasteiger partial charge in [-0.1, -0.05) is 198 Å². The minimum absolute atomic E-state index is 0.0633. The third kappa shape index (κ3) is 7.99. The number of para-hydroxylation sites is 6. The average Bonchev–Trinajstić information content (AvgIpc) is 0.669. The summed E-state index contributed by atoms with van der Waals surface area (Å²) in [4.78, 5) is 10.0. The predicted molar refractivity (Wildman–Crippen MR) is 396 cm³/mol. The van der Waals surface area contributed by atoms with Gasteiger partial charge in [-0.25, -0.2) is 0 Å². The maximum absolute atomic E-state index is 2.71. The molecule has 18 rings (SSSR count). The van der Waals surface area contributed by atoms with Crippen molar-refractivity contribution >= 4 is 147 Å². The lowest BCUT2D eigenvalue weighted by Gasteiger charge is -2.43. The number of hydrogen-bond acceptors (Lipinski definition) is 4. The van der Waals surface area contributed by atoms with Crippen LogP contribution >= 0.6 is 0 Å². The lowest BCUT2D eigenvalue weighted by Crippen LogP contribution is -2.60. The fourth-order valence-corrected chi connectivity index (χ4v) is 16.7. The van der Waals surface area contributed by atoms with Crippen LogP contribution in [0, 0.1) is 13.8 Å². The molecule has 4 nitrogen and oxygen atoms in total. The number of hydrogen-bond donors (Lipinski definition) is 0. The first-order valence-electron chi connectivity index (χ1n) is 32.7. The summed E-state index contributed by atoms with van der Waals surface area (Å²) in [5, 5.41) is 8.24. The van der Waals surface area contributed by atoms with E-state index in [4.69, 9.17) is 0 Å². The summed E-state index contributed by atoms with van der Waals surface area (Å²) in [5.74, 6) is 0. The van der Waals surface area contributed by atoms with Crippen molar-refractivity contribution in [1.29, 1.82) is 0 Å². The van der Waals surface area contributed by atoms with Crippen LogP contribution in [0.2, 0.25) is 0 Å². The molecule has 0 atom stereocenters. The molecule has 4 heterocycles. The highest BCUT2D eigenvalue weighted by molar-refractivity contribution is 7.02. The van der Waals surface area contributed by atoms with E-state index in [2.05, 4.69) is 342 Å². The van der Waals surface area contributed by atoms with E-state index in [9.17, 15) is 0 Å². The highest BCUT2D eigenvalue weighted by Crippen LogP contribution is 2.54. The molecule has 4 aliphatic heterocycles. The molecule has 0 amide bonds. The lowest BCUT2D eigenvalue weighted by molar-refractivity contribution is 0.595. The zero-order valence-electron chi connectivity index (χ0n) is 53.3. The second kappa shape index (κ2) is 20.0. The van der Waals surface area contributed by atoms with Crippen LogP contribution in [0.5, 0.6) is 0 Å². The molecule has 14 aromatic carbocycles. The quantitative estimate of drug-likeness (QED) is 0.111. The summed E-state index contributed by atoms with van der Waals surface area (Å²) in [6.45, 7) is 19.1. The zero-order valence-corrected chi connectivity index (χ0v) is 53.3. The Hall–Kier alpha value is -10.6. The molecule has 0 fully saturated rings. The Bertz CT molecular complexity index is 5250. The molecule has 0 unspecified atom stereocenters. The first kappa shape index (κ1) is 54.4. The minimum atomic E-state index is -0.257. The summed E-state index contributed by atoms with van der Waals surface area (Å²) in [6.07, 6.45) is 0. The van der Waals surface area contributed by atoms with Crippen molar-refractivity contribution in [2.45, 2.75) is 66.2 Å². The second-order valence-corrected chi connectivity index (χ2v) is 28.2. The maximum Gasteiger partial charge on any atom is 0.248 e. The lowest BCUT2D eigenvalue weighted by atomic mass is 9.31. The summed E-state index contributed by atoms with van der Waals surface area (Å²) in [6, 6.07) is 101. The van der Waals surface area contributed by atoms with Gasteiger partial charge in [0, 0.05) is 68.2 Å². The Morgan fingerprint density at radius 1 is 0.283 bits per heavy atom. The van der Waals surface area contributed by atoms with Crippen molar-refractivity contribution < 1.29 is 0 Å². The molecular formula is C86H68B2N4. The summed E-state index contributed by atoms with van der Waals surface area (Å²) >= 11 is 0. The highest BCUT2D eigenvalue weighted by Gasteiger charge is 2.47. The standard InChI is InChI=1S/C86H68B2N4/c1-53-39-41-71-75(44-53)91(59-35-23-13-24-36-59)78-48-62(90(57-31-19-11-20-32-57)58-33-21-12-22-34-58)46-66-64-50-70(86(6,7)8)68-51-73-79-63(49-69(85(3,4)5)67-52-74(87(71)84(66)78)80(64)82(68)81(67)79)65-43-54(2)45-77-83(65)88(73)72-42-40-61(47-76(72)92(77)60-37-25-14-26-38-60)89(55-27-15-9-16-28-55)56-29-17-10-18-30-56/h9-52H,1-8H3. The molecule has 14 aromatic rings. The van der Waals surface area contributed by atoms with E-state index in [0.717, 1.165) is 45.5 Å². The van der Waals surface area contributed by atoms with Gasteiger partial charge in [-0.05, 0) is 245 Å². The van der Waals surface area contributed by atoms with Crippen molar-refractivity contribution in [3.05, 3.63) is 289 Å². The molecule has 0 saturated carbocycles. The van der Waals surface area contributed by atoms with E-state index >= 15 is 0 Å². The van der Waals surface area contributed by atoms with Gasteiger partial charge in [0.25, 0.3) is 0 Å². The van der Waals surface area contributed by atoms with Gasteiger partial charge in [0.2, 0.25) is 13.4 Å². The second-order valence-electron chi connectivity index (χ2n) is 28.2. The third-order valence-corrected chi connectivity index (χ3v) is 20.4. The van der Waals surface area contributed by atoms with Gasteiger partial charge in [0.15, 0.2) is 0 Å². The van der Waals surface area contributed by atoms with E-state index in [-0.39, 0.29) is 24.3 Å². The molecule has 6 heteroatoms. The Morgan fingerprint density at radius 3 is 1.10 bits per heavy atom. The molecule has 0 spiro atoms. The summed E-state index contributed by atoms with van der Waals surface area (Å²) in [7, 11) is 0. The monoisotopic (exact) mass is 1180 g/mol. The summed E-state index contributed by atoms with van der Waals surface area (Å²) in [5.41, 5.74) is 32.0. The Kier molecular flexibility index (Phi) is 11.8. The molecule has 0 bridgehead atoms. The van der Waals surface area contributed by atoms with Crippen molar-refractivity contribution in [2.75, 3.05) is 19.6 Å². The number of anilines is 12. The number of nitrogens with zero attached hydrogens (tertiary/aromatic N) is 4. The van der Waals surface area contributed by atoms with Crippen LogP contribution in [0.3, 0.4) is 0 Å². The Balaban J connectivity index is 0.991. The first-order valence-corrected chi connectivity index (χ1v) is 32.7. The van der Waals surface area contributed by atoms with Crippen LogP contribution in [0.15, 0.2) is 267 Å². The van der Waals surface area contributed by atoms with Crippen LogP contribution in [0.25, 0.3) is 54.6 Å². The Morgan fingerprint density at radius 2 is 0.652 bits per heavy atom. The normalized spacial score (nSPS) is 13.3. The van der Waals surface area contributed by atoms with Crippen molar-refractivity contribution in [3.63, 3.8) is 0 Å². The topological polar surface area (TPSA) is 13.0 Å². The highest BCUT2D eigenvalue weighted by atomic mass is 15.2. The molecule has 4 aliphatic rings. The predicted octanol–water partition coefficient (Wildman–Crippen LogP) is 19.3. The molecule has 0 aliphatic carbocycles. The van der Waals surface area contributed by atoms with E-state index in [1.165, 1.54) is 132 Å². The van der Waals surface area contributed by atoms with Gasteiger partial charge in [-0.15, -0.1) is 0 Å². The Labute approximate surface area is 540 Å². The van der Waals surface area contributed by atoms with E-state index in [1.54, 1.807) is 0 Å². The molecule has 92 heavy (non-hydrogen) atoms. The fourth-order valence-electron chi connectivity index (χ4n) is 16.7. The van der Waals surface area contributed by atoms with Crippen LogP contribution in [0.1, 0.15) is 63.8 Å². The maximum atomic E-state index is 2.71. The van der Waals surface area contributed by atoms with Gasteiger partial charge >= 0.3 is 0 Å². The first-order chi connectivity index (χ1) is 44.8. The minimum Gasteiger partial charge on any atom is -0.311 e. The van der Waals surface area contributed by atoms with Crippen molar-refractivity contribution in [2.24, 2.45) is 0 Å². The van der Waals surface area contributed by atoms with Crippen LogP contribution in [-0.4, -0.2) is 13.4 Å². The van der Waals surface area contributed by atoms with Gasteiger partial charge in [-0.2, -0.15) is 0 Å². The fraction of sp³-hybridized carbons (Fsp3) is 0.116. The van der Waals surface area contributed by atoms with Crippen LogP contribution in [-0.2, 0) is 10.8 Å². The van der Waals surface area contributed by atoms with E-state index in [1.807, 2.05) is 0 Å². The van der Waals surface area contributed by atoms with Crippen LogP contribution < -0.4 is 52.4 Å². The SMILES string of the molecule is Cc1ccc2c(c1)N(c1ccccc1)c1cc(N(c3ccccc3)c3ccccc3)cc3c1B2c1cc2c(C(C)(C)C)cc4c5c(cc6c(C(C)(C)C)cc-3c1c6c25)B1c2ccc(N(c3ccccc3)c3ccccc3)cc2N(c2ccccc2)c2cc(C)cc-4c21. The zero-order chi connectivity index (χ0) is 62.1. The number of fused-ring (bicyclic) bond motifs is 8. The van der Waals surface area contributed by atoms with Gasteiger partial charge < -0.3 is 19.6 Å². The molecule has 438 valence electrons. The van der Waals surface area contributed by atoms with Crippen LogP contribution in [0.4, 0.5) is 68.2 Å². The molecule has 0 N–H and O–H groups in total. The largest absolute Gasteiger partial charge is 0.311 e. The van der Waals surface area contributed by atoms with Gasteiger partial charge in [0.05, 0.1) is 0 Å². The van der Waals surface area contributed by atoms with E-state index < -0.39 is 0 Å². The van der Waals surface area contributed by atoms with Gasteiger partial charge in [-0.3, -0.25) is 0 Å². The van der Waals surface area contributed by atoms with Crippen molar-refractivity contribution in [3.8, 4) is 22.3 Å². The van der Waals surface area contributed by atoms with Gasteiger partial charge in [0.1, 0.15) is 0 Å². The molecule has 0 aromatic heterocycles. The third-order valence-electron chi connectivity index (χ3n) is 20.4. The number of benzene rings is 14. The smallest absolute Gasteiger partial charge is 0.248 e. The molecular weight excluding hydrogens is 1110 g/mol. The van der Waals surface area contributed by atoms with Crippen molar-refractivity contribution in [1.82, 2.24) is 0 Å². The van der Waals surface area contributed by atoms with E-state index in [0.29, 0.717) is 0 Å². The summed E-state index contributed by atoms with van der Waals surface area (Å²) < 4.78 is 0. The average molecular weight is 1180 g/mol. The number of rotatable bonds is 8. The molecule has 0 saturated heterocycles. The number of aryl methyl sites for hydroxylation is 2.